The molecule has 0 unspecified atom stereocenters. The van der Waals surface area contributed by atoms with Gasteiger partial charge in [0.25, 0.3) is 0 Å². The van der Waals surface area contributed by atoms with Crippen LogP contribution in [0.5, 0.6) is 0 Å². The maximum atomic E-state index is 6.72. The molecule has 0 fully saturated rings. The largest absolute Gasteiger partial charge is 0.438 e. The van der Waals surface area contributed by atoms with Crippen LogP contribution in [0.1, 0.15) is 0 Å². The molecule has 628 valence electrons. The van der Waals surface area contributed by atoms with Gasteiger partial charge in [-0.15, -0.1) is 0 Å². The Labute approximate surface area is 767 Å². The lowest BCUT2D eigenvalue weighted by molar-refractivity contribution is 0.658. The second kappa shape index (κ2) is 33.0. The Morgan fingerprint density at radius 3 is 1.20 bits per heavy atom. The highest BCUT2D eigenvalue weighted by Gasteiger charge is 2.27. The first-order valence-electron chi connectivity index (χ1n) is 44.6. The fourth-order valence-electron chi connectivity index (χ4n) is 19.1. The van der Waals surface area contributed by atoms with Crippen molar-refractivity contribution in [1.82, 2.24) is 53.1 Å². The lowest BCUT2D eigenvalue weighted by Gasteiger charge is -2.11. The molecule has 14 aromatic heterocycles. The molecule has 13 aromatic carbocycles. The summed E-state index contributed by atoms with van der Waals surface area (Å²) in [4.78, 5) is 38.0. The molecule has 0 saturated carbocycles. The monoisotopic (exact) mass is 1720 g/mol. The van der Waals surface area contributed by atoms with E-state index in [2.05, 4.69) is 360 Å². The number of nitrogens with zero attached hydrogens (tertiary/aromatic N) is 11. The molecule has 134 heavy (non-hydrogen) atoms. The first-order valence-corrected chi connectivity index (χ1v) is 44.6. The lowest BCUT2D eigenvalue weighted by Crippen LogP contribution is -1.94. The van der Waals surface area contributed by atoms with E-state index in [4.69, 9.17) is 28.2 Å². The minimum atomic E-state index is 0.798. The highest BCUT2D eigenvalue weighted by atomic mass is 16.4. The highest BCUT2D eigenvalue weighted by Crippen LogP contribution is 2.48. The van der Waals surface area contributed by atoms with Gasteiger partial charge < -0.3 is 13.3 Å². The number of aromatic nitrogens is 11. The zero-order chi connectivity index (χ0) is 88.5. The minimum Gasteiger partial charge on any atom is -0.438 e. The number of rotatable bonds is 13. The number of hydrogen-bond acceptors (Lipinski definition) is 11. The van der Waals surface area contributed by atoms with Gasteiger partial charge >= 0.3 is 0 Å². The van der Waals surface area contributed by atoms with Crippen LogP contribution in [0.3, 0.4) is 0 Å². The predicted molar refractivity (Wildman–Crippen MR) is 542 cm³/mol. The predicted octanol–water partition coefficient (Wildman–Crippen LogP) is 30.7. The summed E-state index contributed by atoms with van der Waals surface area (Å²) < 4.78 is 26.7. The van der Waals surface area contributed by atoms with Crippen LogP contribution in [0, 0.1) is 0 Å². The van der Waals surface area contributed by atoms with E-state index in [9.17, 15) is 0 Å². The van der Waals surface area contributed by atoms with Gasteiger partial charge in [0.05, 0.1) is 112 Å². The van der Waals surface area contributed by atoms with Crippen LogP contribution in [0.2, 0.25) is 0 Å². The lowest BCUT2D eigenvalue weighted by atomic mass is 9.94. The standard InChI is InChI=1S/2C41H26N4O.C38H23N3O/c1-2-12-27(13-3-1)31-17-11-21-38-40(31)45-37-20-5-4-16-32(37)39(41(45)46-38)29-15-10-14-28(24-29)30-25-35(33-18-6-8-22-42-33)44-36(26-30)34-19-7-9-23-43-34;1-2-11-28(12-3-1)31-13-10-17-37-40(31)39(41-45(37)36-16-4-5-18-38(36)46-41)29-21-19-27(20-22-29)30-25-34(32-14-6-8-23-42-32)44-35(26-30)33-15-7-9-24-43-33;1-2-8-24(9-3-1)27-18-20-34-33(23-27)41-32-14-5-4-13-30(32)35(38(41)42-34)29-11-6-10-28(22-29)31-19-17-26-16-15-25-12-7-21-39-36(25)37(26)40-31/h2*1-26H;1-23H. The summed E-state index contributed by atoms with van der Waals surface area (Å²) in [6, 6.07) is 147. The van der Waals surface area contributed by atoms with Gasteiger partial charge in [-0.25, -0.2) is 15.0 Å². The molecule has 0 amide bonds. The first-order chi connectivity index (χ1) is 66.4. The van der Waals surface area contributed by atoms with Gasteiger partial charge in [-0.2, -0.15) is 0 Å². The van der Waals surface area contributed by atoms with Crippen LogP contribution in [0.15, 0.2) is 469 Å². The molecule has 14 nitrogen and oxygen atoms in total. The van der Waals surface area contributed by atoms with Crippen molar-refractivity contribution >= 4 is 105 Å². The Morgan fingerprint density at radius 1 is 0.187 bits per heavy atom. The van der Waals surface area contributed by atoms with Crippen LogP contribution >= 0.6 is 0 Å². The molecule has 0 radical (unpaired) electrons. The zero-order valence-corrected chi connectivity index (χ0v) is 71.9. The van der Waals surface area contributed by atoms with Gasteiger partial charge in [-0.05, 0) is 212 Å². The second-order valence-corrected chi connectivity index (χ2v) is 33.2. The fraction of sp³-hybridized carbons (Fsp3) is 0. The van der Waals surface area contributed by atoms with E-state index in [-0.39, 0.29) is 0 Å². The SMILES string of the molecule is c1ccc(-c2ccc3oc4c(-c5cccc(-c6ccc7ccc8cccnc8c7n6)c5)c5ccccc5n4c3c2)cc1.c1ccc(-c2cccc3c2c(-c2ccc(-c4cc(-c5ccccn5)nc(-c5ccccn5)c4)cc2)c2oc4ccccc4n23)cc1.c1ccc(-c2cccc3oc4c(-c5cccc(-c6cc(-c7ccccn7)nc(-c7ccccn7)c6)c5)c5ccccc5n4c23)cc1. The second-order valence-electron chi connectivity index (χ2n) is 33.2. The molecule has 0 aliphatic heterocycles. The maximum Gasteiger partial charge on any atom is 0.213 e. The quantitative estimate of drug-likeness (QED) is 0.101. The average molecular weight is 1720 g/mol. The summed E-state index contributed by atoms with van der Waals surface area (Å²) in [5, 5.41) is 5.64. The van der Waals surface area contributed by atoms with Gasteiger partial charge in [0.15, 0.2) is 16.7 Å². The number of fused-ring (bicyclic) bond motifs is 18. The smallest absolute Gasteiger partial charge is 0.213 e. The van der Waals surface area contributed by atoms with E-state index in [1.807, 2.05) is 109 Å². The molecule has 0 atom stereocenters. The maximum absolute atomic E-state index is 6.72. The van der Waals surface area contributed by atoms with E-state index in [0.717, 1.165) is 229 Å². The molecule has 0 saturated heterocycles. The highest BCUT2D eigenvalue weighted by molar-refractivity contribution is 6.15. The van der Waals surface area contributed by atoms with E-state index in [0.29, 0.717) is 0 Å². The van der Waals surface area contributed by atoms with Gasteiger partial charge in [-0.1, -0.05) is 279 Å². The molecule has 27 aromatic rings. The Morgan fingerprint density at radius 2 is 0.590 bits per heavy atom. The van der Waals surface area contributed by atoms with Crippen LogP contribution in [-0.2, 0) is 0 Å². The van der Waals surface area contributed by atoms with Crippen molar-refractivity contribution in [2.75, 3.05) is 0 Å². The fourth-order valence-corrected chi connectivity index (χ4v) is 19.1. The number of oxazole rings is 3. The van der Waals surface area contributed by atoms with E-state index < -0.39 is 0 Å². The van der Waals surface area contributed by atoms with Crippen molar-refractivity contribution in [2.24, 2.45) is 0 Å². The third-order valence-corrected chi connectivity index (χ3v) is 25.3. The van der Waals surface area contributed by atoms with Gasteiger partial charge in [0, 0.05) is 69.0 Å². The van der Waals surface area contributed by atoms with Crippen molar-refractivity contribution in [2.45, 2.75) is 0 Å². The Kier molecular flexibility index (Phi) is 19.2. The minimum absolute atomic E-state index is 0.798. The Hall–Kier alpha value is -18.4. The molecule has 0 bridgehead atoms. The summed E-state index contributed by atoms with van der Waals surface area (Å²) in [7, 11) is 0. The molecular formula is C120H75N11O3. The Bertz CT molecular complexity index is 9060. The number of hydrogen-bond donors (Lipinski definition) is 0. The van der Waals surface area contributed by atoms with Crippen molar-refractivity contribution < 1.29 is 13.3 Å². The number of para-hydroxylation sites is 5. The van der Waals surface area contributed by atoms with E-state index in [1.54, 1.807) is 24.8 Å². The average Bonchev–Trinajstić information content (AvgIpc) is 1.58. The molecular weight excluding hydrogens is 1640 g/mol. The van der Waals surface area contributed by atoms with Crippen molar-refractivity contribution in [1.29, 1.82) is 0 Å². The van der Waals surface area contributed by atoms with Crippen molar-refractivity contribution in [3.63, 3.8) is 0 Å². The normalized spacial score (nSPS) is 11.6. The third-order valence-electron chi connectivity index (χ3n) is 25.3. The summed E-state index contributed by atoms with van der Waals surface area (Å²) in [5.41, 5.74) is 39.6. The van der Waals surface area contributed by atoms with Crippen LogP contribution in [0.4, 0.5) is 0 Å². The van der Waals surface area contributed by atoms with Gasteiger partial charge in [0.1, 0.15) is 0 Å². The van der Waals surface area contributed by atoms with Crippen LogP contribution < -0.4 is 0 Å². The molecule has 0 aliphatic carbocycles. The van der Waals surface area contributed by atoms with E-state index >= 15 is 0 Å². The topological polar surface area (TPSA) is 156 Å². The van der Waals surface area contributed by atoms with Crippen molar-refractivity contribution in [3.05, 3.63) is 456 Å². The summed E-state index contributed by atoms with van der Waals surface area (Å²) in [6.07, 6.45) is 9.01. The molecule has 0 spiro atoms. The molecule has 27 rings (SSSR count). The first kappa shape index (κ1) is 77.9. The Balaban J connectivity index is 0.000000108. The summed E-state index contributed by atoms with van der Waals surface area (Å²) in [5.74, 6) is 0. The molecule has 0 N–H and O–H groups in total. The van der Waals surface area contributed by atoms with Gasteiger partial charge in [0.2, 0.25) is 17.1 Å². The zero-order valence-electron chi connectivity index (χ0n) is 71.9. The number of benzene rings is 13. The third kappa shape index (κ3) is 13.8. The van der Waals surface area contributed by atoms with Crippen molar-refractivity contribution in [3.8, 4) is 146 Å². The van der Waals surface area contributed by atoms with Gasteiger partial charge in [-0.3, -0.25) is 38.1 Å². The van der Waals surface area contributed by atoms with E-state index in [1.165, 1.54) is 22.1 Å². The molecule has 0 aliphatic rings. The van der Waals surface area contributed by atoms with Crippen LogP contribution in [-0.4, -0.2) is 53.1 Å². The molecule has 14 heterocycles. The number of pyridine rings is 8. The van der Waals surface area contributed by atoms with Crippen LogP contribution in [0.25, 0.3) is 251 Å². The summed E-state index contributed by atoms with van der Waals surface area (Å²) >= 11 is 0. The molecule has 14 heteroatoms. The summed E-state index contributed by atoms with van der Waals surface area (Å²) in [6.45, 7) is 0.